The third kappa shape index (κ3) is 3.79. The zero-order valence-electron chi connectivity index (χ0n) is 17.7. The van der Waals surface area contributed by atoms with Crippen molar-refractivity contribution in [3.63, 3.8) is 0 Å². The first-order chi connectivity index (χ1) is 15.9. The molecule has 2 aromatic rings. The number of nitrogens with zero attached hydrogens (tertiary/aromatic N) is 4. The molecule has 2 atom stereocenters. The molecule has 3 aliphatic heterocycles. The summed E-state index contributed by atoms with van der Waals surface area (Å²) in [5.41, 5.74) is 1.49. The fraction of sp³-hybridized carbons (Fsp3) is 0.409. The first-order valence-corrected chi connectivity index (χ1v) is 11.0. The van der Waals surface area contributed by atoms with Crippen LogP contribution in [-0.4, -0.2) is 62.0 Å². The molecule has 1 aromatic carbocycles. The van der Waals surface area contributed by atoms with Gasteiger partial charge in [0, 0.05) is 18.5 Å². The summed E-state index contributed by atoms with van der Waals surface area (Å²) >= 11 is 0. The predicted molar refractivity (Wildman–Crippen MR) is 112 cm³/mol. The van der Waals surface area contributed by atoms with Crippen LogP contribution in [0.25, 0.3) is 11.3 Å². The number of fused-ring (bicyclic) bond motifs is 1. The number of benzene rings is 1. The highest BCUT2D eigenvalue weighted by molar-refractivity contribution is 6.23. The molecular formula is C22H22N6O5. The summed E-state index contributed by atoms with van der Waals surface area (Å²) < 4.78 is 1.61. The number of amides is 5. The minimum absolute atomic E-state index is 0.0136. The van der Waals surface area contributed by atoms with Crippen molar-refractivity contribution in [1.29, 1.82) is 0 Å². The lowest BCUT2D eigenvalue weighted by atomic mass is 10.0. The minimum Gasteiger partial charge on any atom is -0.356 e. The van der Waals surface area contributed by atoms with Gasteiger partial charge in [-0.15, -0.1) is 5.10 Å². The molecule has 4 heterocycles. The summed E-state index contributed by atoms with van der Waals surface area (Å²) in [6, 6.07) is 3.76. The van der Waals surface area contributed by atoms with E-state index in [0.717, 1.165) is 24.2 Å². The minimum atomic E-state index is -1.01. The molecule has 2 saturated heterocycles. The van der Waals surface area contributed by atoms with Crippen LogP contribution in [0.2, 0.25) is 0 Å². The Labute approximate surface area is 188 Å². The smallest absolute Gasteiger partial charge is 0.262 e. The van der Waals surface area contributed by atoms with Crippen LogP contribution < -0.4 is 10.6 Å². The van der Waals surface area contributed by atoms with Crippen molar-refractivity contribution in [3.05, 3.63) is 35.5 Å². The normalized spacial score (nSPS) is 23.3. The van der Waals surface area contributed by atoms with Gasteiger partial charge >= 0.3 is 0 Å². The molecule has 11 nitrogen and oxygen atoms in total. The number of rotatable bonds is 4. The van der Waals surface area contributed by atoms with E-state index >= 15 is 0 Å². The average Bonchev–Trinajstić information content (AvgIpc) is 3.28. The SMILES string of the molecule is O=C1CCC(N2C(=O)c3ccc(-c4cn(CC5CCCCNC5=O)nn4)cc3C2=O)C(=O)N1. The van der Waals surface area contributed by atoms with E-state index in [-0.39, 0.29) is 35.8 Å². The Morgan fingerprint density at radius 3 is 2.61 bits per heavy atom. The number of hydrogen-bond donors (Lipinski definition) is 2. The fourth-order valence-electron chi connectivity index (χ4n) is 4.55. The van der Waals surface area contributed by atoms with Crippen molar-refractivity contribution < 1.29 is 24.0 Å². The maximum absolute atomic E-state index is 13.0. The average molecular weight is 450 g/mol. The van der Waals surface area contributed by atoms with Crippen LogP contribution in [0.4, 0.5) is 0 Å². The van der Waals surface area contributed by atoms with Crippen LogP contribution in [0.1, 0.15) is 52.8 Å². The van der Waals surface area contributed by atoms with E-state index in [1.807, 2.05) is 0 Å². The lowest BCUT2D eigenvalue weighted by Crippen LogP contribution is -2.54. The summed E-state index contributed by atoms with van der Waals surface area (Å²) in [4.78, 5) is 62.6. The Bertz CT molecular complexity index is 1190. The van der Waals surface area contributed by atoms with Crippen LogP contribution in [0, 0.1) is 5.92 Å². The predicted octanol–water partition coefficient (Wildman–Crippen LogP) is 0.263. The second kappa shape index (κ2) is 8.23. The molecule has 0 saturated carbocycles. The van der Waals surface area contributed by atoms with Gasteiger partial charge in [0.25, 0.3) is 11.8 Å². The maximum Gasteiger partial charge on any atom is 0.262 e. The van der Waals surface area contributed by atoms with Crippen molar-refractivity contribution in [1.82, 2.24) is 30.5 Å². The second-order valence-corrected chi connectivity index (χ2v) is 8.52. The molecular weight excluding hydrogens is 428 g/mol. The quantitative estimate of drug-likeness (QED) is 0.636. The van der Waals surface area contributed by atoms with Crippen molar-refractivity contribution in [2.45, 2.75) is 44.7 Å². The highest BCUT2D eigenvalue weighted by Crippen LogP contribution is 2.30. The van der Waals surface area contributed by atoms with E-state index in [0.29, 0.717) is 24.3 Å². The van der Waals surface area contributed by atoms with Gasteiger partial charge in [-0.1, -0.05) is 17.7 Å². The Morgan fingerprint density at radius 2 is 1.79 bits per heavy atom. The molecule has 0 aliphatic carbocycles. The summed E-state index contributed by atoms with van der Waals surface area (Å²) in [7, 11) is 0. The standard InChI is InChI=1S/C22H22N6O5/c29-18-7-6-17(20(31)24-18)28-21(32)14-5-4-12(9-15(14)22(28)33)16-11-27(26-25-16)10-13-3-1-2-8-23-19(13)30/h4-5,9,11,13,17H,1-3,6-8,10H2,(H,23,30)(H,24,29,31). The zero-order chi connectivity index (χ0) is 23.1. The number of carbonyl (C=O) groups is 5. The van der Waals surface area contributed by atoms with Crippen LogP contribution >= 0.6 is 0 Å². The fourth-order valence-corrected chi connectivity index (χ4v) is 4.55. The van der Waals surface area contributed by atoms with Crippen LogP contribution in [0.15, 0.2) is 24.4 Å². The lowest BCUT2D eigenvalue weighted by Gasteiger charge is -2.27. The van der Waals surface area contributed by atoms with Gasteiger partial charge in [-0.2, -0.15) is 0 Å². The number of nitrogens with one attached hydrogen (secondary N) is 2. The number of piperidine rings is 1. The van der Waals surface area contributed by atoms with E-state index in [4.69, 9.17) is 0 Å². The van der Waals surface area contributed by atoms with E-state index in [1.165, 1.54) is 6.07 Å². The molecule has 5 rings (SSSR count). The van der Waals surface area contributed by atoms with Gasteiger partial charge in [0.1, 0.15) is 11.7 Å². The van der Waals surface area contributed by atoms with Gasteiger partial charge in [-0.25, -0.2) is 0 Å². The summed E-state index contributed by atoms with van der Waals surface area (Å²) in [6.45, 7) is 1.10. The monoisotopic (exact) mass is 450 g/mol. The van der Waals surface area contributed by atoms with Crippen LogP contribution in [-0.2, 0) is 20.9 Å². The number of imide groups is 2. The van der Waals surface area contributed by atoms with Gasteiger partial charge in [0.2, 0.25) is 17.7 Å². The zero-order valence-corrected chi connectivity index (χ0v) is 17.7. The highest BCUT2D eigenvalue weighted by Gasteiger charge is 2.44. The molecule has 1 aromatic heterocycles. The Morgan fingerprint density at radius 1 is 0.970 bits per heavy atom. The molecule has 0 bridgehead atoms. The number of hydrogen-bond acceptors (Lipinski definition) is 7. The maximum atomic E-state index is 13.0. The first kappa shape index (κ1) is 21.0. The molecule has 0 spiro atoms. The van der Waals surface area contributed by atoms with Gasteiger partial charge in [-0.3, -0.25) is 38.9 Å². The Balaban J connectivity index is 1.36. The van der Waals surface area contributed by atoms with E-state index in [2.05, 4.69) is 20.9 Å². The molecule has 2 N–H and O–H groups in total. The number of aromatic nitrogens is 3. The van der Waals surface area contributed by atoms with E-state index < -0.39 is 29.7 Å². The van der Waals surface area contributed by atoms with Gasteiger partial charge in [0.05, 0.1) is 29.8 Å². The van der Waals surface area contributed by atoms with Gasteiger partial charge < -0.3 is 5.32 Å². The van der Waals surface area contributed by atoms with Gasteiger partial charge in [0.15, 0.2) is 0 Å². The molecule has 5 amide bonds. The molecule has 2 fully saturated rings. The molecule has 33 heavy (non-hydrogen) atoms. The van der Waals surface area contributed by atoms with Crippen LogP contribution in [0.5, 0.6) is 0 Å². The number of carbonyl (C=O) groups excluding carboxylic acids is 5. The van der Waals surface area contributed by atoms with Crippen molar-refractivity contribution in [2.75, 3.05) is 6.54 Å². The summed E-state index contributed by atoms with van der Waals surface area (Å²) in [5, 5.41) is 13.4. The Hall–Kier alpha value is -3.89. The molecule has 3 aliphatic rings. The second-order valence-electron chi connectivity index (χ2n) is 8.52. The molecule has 11 heteroatoms. The highest BCUT2D eigenvalue weighted by atomic mass is 16.2. The molecule has 0 radical (unpaired) electrons. The summed E-state index contributed by atoms with van der Waals surface area (Å²) in [6.07, 6.45) is 4.59. The van der Waals surface area contributed by atoms with E-state index in [1.54, 1.807) is 23.0 Å². The lowest BCUT2D eigenvalue weighted by molar-refractivity contribution is -0.136. The first-order valence-electron chi connectivity index (χ1n) is 11.0. The van der Waals surface area contributed by atoms with Crippen molar-refractivity contribution >= 4 is 29.5 Å². The molecule has 2 unspecified atom stereocenters. The topological polar surface area (TPSA) is 143 Å². The third-order valence-corrected chi connectivity index (χ3v) is 6.33. The van der Waals surface area contributed by atoms with Crippen molar-refractivity contribution in [2.24, 2.45) is 5.92 Å². The van der Waals surface area contributed by atoms with Crippen molar-refractivity contribution in [3.8, 4) is 11.3 Å². The summed E-state index contributed by atoms with van der Waals surface area (Å²) in [5.74, 6) is -2.36. The Kier molecular flexibility index (Phi) is 5.23. The molecule has 170 valence electrons. The van der Waals surface area contributed by atoms with E-state index in [9.17, 15) is 24.0 Å². The third-order valence-electron chi connectivity index (χ3n) is 6.33. The van der Waals surface area contributed by atoms with Gasteiger partial charge in [-0.05, 0) is 31.4 Å². The van der Waals surface area contributed by atoms with Crippen LogP contribution in [0.3, 0.4) is 0 Å². The largest absolute Gasteiger partial charge is 0.356 e.